The molecule has 1 heterocycles. The number of amides is 2. The lowest BCUT2D eigenvalue weighted by molar-refractivity contribution is -0.149. The molecular weight excluding hydrogens is 314 g/mol. The van der Waals surface area contributed by atoms with Crippen molar-refractivity contribution in [2.45, 2.75) is 33.3 Å². The minimum absolute atomic E-state index is 0.282. The van der Waals surface area contributed by atoms with Gasteiger partial charge in [0.05, 0.1) is 11.0 Å². The number of nitrogens with zero attached hydrogens (tertiary/aromatic N) is 1. The lowest BCUT2D eigenvalue weighted by atomic mass is 10.1. The number of carbonyl (C=O) groups excluding carboxylic acids is 3. The summed E-state index contributed by atoms with van der Waals surface area (Å²) < 4.78 is 4.97. The van der Waals surface area contributed by atoms with Crippen LogP contribution < -0.4 is 0 Å². The number of thioether (sulfide) groups is 1. The molecule has 1 saturated heterocycles. The Kier molecular flexibility index (Phi) is 5.60. The average molecular weight is 333 g/mol. The number of carbonyl (C=O) groups is 3. The van der Waals surface area contributed by atoms with E-state index in [9.17, 15) is 14.4 Å². The first-order valence-corrected chi connectivity index (χ1v) is 8.26. The molecule has 23 heavy (non-hydrogen) atoms. The Balaban J connectivity index is 2.10. The van der Waals surface area contributed by atoms with Gasteiger partial charge in [-0.25, -0.2) is 0 Å². The van der Waals surface area contributed by atoms with Crippen molar-refractivity contribution >= 4 is 35.0 Å². The molecule has 6 heteroatoms. The van der Waals surface area contributed by atoms with Crippen LogP contribution in [-0.4, -0.2) is 34.7 Å². The molecule has 2 rings (SSSR count). The zero-order chi connectivity index (χ0) is 17.0. The van der Waals surface area contributed by atoms with Gasteiger partial charge in [0.25, 0.3) is 11.1 Å². The van der Waals surface area contributed by atoms with E-state index in [-0.39, 0.29) is 12.6 Å². The number of ether oxygens (including phenoxy) is 1. The van der Waals surface area contributed by atoms with Gasteiger partial charge in [0.2, 0.25) is 0 Å². The van der Waals surface area contributed by atoms with Crippen molar-refractivity contribution in [3.05, 3.63) is 40.3 Å². The average Bonchev–Trinajstić information content (AvgIpc) is 2.75. The number of hydrogen-bond donors (Lipinski definition) is 0. The van der Waals surface area contributed by atoms with Crippen molar-refractivity contribution in [2.24, 2.45) is 0 Å². The van der Waals surface area contributed by atoms with Gasteiger partial charge in [-0.2, -0.15) is 0 Å². The first-order valence-electron chi connectivity index (χ1n) is 7.44. The van der Waals surface area contributed by atoms with Crippen LogP contribution in [0, 0.1) is 0 Å². The Labute approximate surface area is 139 Å². The zero-order valence-corrected chi connectivity index (χ0v) is 14.2. The molecule has 1 aromatic rings. The normalized spacial score (nSPS) is 16.5. The smallest absolute Gasteiger partial charge is 0.326 e. The number of imide groups is 1. The third-order valence-electron chi connectivity index (χ3n) is 3.21. The van der Waals surface area contributed by atoms with Gasteiger partial charge in [0.15, 0.2) is 0 Å². The highest BCUT2D eigenvalue weighted by Crippen LogP contribution is 2.32. The molecule has 0 aliphatic carbocycles. The summed E-state index contributed by atoms with van der Waals surface area (Å²) in [5.41, 5.74) is 2.05. The van der Waals surface area contributed by atoms with Crippen molar-refractivity contribution in [1.29, 1.82) is 0 Å². The molecule has 0 saturated carbocycles. The highest BCUT2D eigenvalue weighted by atomic mass is 32.2. The Morgan fingerprint density at radius 1 is 1.26 bits per heavy atom. The van der Waals surface area contributed by atoms with Gasteiger partial charge >= 0.3 is 5.97 Å². The van der Waals surface area contributed by atoms with Crippen molar-refractivity contribution in [1.82, 2.24) is 4.90 Å². The van der Waals surface area contributed by atoms with Crippen LogP contribution >= 0.6 is 11.8 Å². The SMILES string of the molecule is CCc1ccc(/C=C2/SC(=O)N(CC(=O)OC(C)C)C2=O)cc1. The number of rotatable bonds is 5. The fraction of sp³-hybridized carbons (Fsp3) is 0.353. The van der Waals surface area contributed by atoms with Crippen LogP contribution in [0.3, 0.4) is 0 Å². The van der Waals surface area contributed by atoms with Crippen LogP contribution in [0.25, 0.3) is 6.08 Å². The van der Waals surface area contributed by atoms with Crippen molar-refractivity contribution < 1.29 is 19.1 Å². The quantitative estimate of drug-likeness (QED) is 0.611. The minimum atomic E-state index is -0.587. The minimum Gasteiger partial charge on any atom is -0.462 e. The van der Waals surface area contributed by atoms with E-state index in [2.05, 4.69) is 6.92 Å². The summed E-state index contributed by atoms with van der Waals surface area (Å²) in [6.07, 6.45) is 2.32. The summed E-state index contributed by atoms with van der Waals surface area (Å²) in [5.74, 6) is -1.05. The molecule has 2 amide bonds. The predicted octanol–water partition coefficient (Wildman–Crippen LogP) is 3.24. The molecule has 0 unspecified atom stereocenters. The zero-order valence-electron chi connectivity index (χ0n) is 13.4. The van der Waals surface area contributed by atoms with Gasteiger partial charge in [0, 0.05) is 0 Å². The molecule has 0 N–H and O–H groups in total. The fourth-order valence-electron chi connectivity index (χ4n) is 2.07. The summed E-state index contributed by atoms with van der Waals surface area (Å²) in [5, 5.41) is -0.452. The Morgan fingerprint density at radius 3 is 2.48 bits per heavy atom. The highest BCUT2D eigenvalue weighted by Gasteiger charge is 2.36. The first-order chi connectivity index (χ1) is 10.9. The van der Waals surface area contributed by atoms with Gasteiger partial charge in [-0.05, 0) is 49.2 Å². The largest absolute Gasteiger partial charge is 0.462 e. The molecule has 1 aromatic carbocycles. The molecule has 1 fully saturated rings. The predicted molar refractivity (Wildman–Crippen MR) is 89.7 cm³/mol. The topological polar surface area (TPSA) is 63.7 Å². The van der Waals surface area contributed by atoms with Crippen molar-refractivity contribution in [3.8, 4) is 0 Å². The van der Waals surface area contributed by atoms with Gasteiger partial charge < -0.3 is 4.74 Å². The van der Waals surface area contributed by atoms with E-state index in [1.54, 1.807) is 19.9 Å². The van der Waals surface area contributed by atoms with Crippen LogP contribution in [0.1, 0.15) is 31.9 Å². The molecule has 122 valence electrons. The number of hydrogen-bond acceptors (Lipinski definition) is 5. The fourth-order valence-corrected chi connectivity index (χ4v) is 2.90. The van der Waals surface area contributed by atoms with Gasteiger partial charge in [-0.1, -0.05) is 31.2 Å². The molecule has 0 spiro atoms. The Bertz CT molecular complexity index is 649. The summed E-state index contributed by atoms with van der Waals surface area (Å²) in [7, 11) is 0. The second-order valence-corrected chi connectivity index (χ2v) is 6.39. The van der Waals surface area contributed by atoms with E-state index < -0.39 is 17.1 Å². The maximum absolute atomic E-state index is 12.3. The number of aryl methyl sites for hydroxylation is 1. The Morgan fingerprint density at radius 2 is 1.91 bits per heavy atom. The van der Waals surface area contributed by atoms with Crippen LogP contribution in [0.2, 0.25) is 0 Å². The van der Waals surface area contributed by atoms with Gasteiger partial charge in [0.1, 0.15) is 6.54 Å². The summed E-state index contributed by atoms with van der Waals surface area (Å²) >= 11 is 0.838. The van der Waals surface area contributed by atoms with Gasteiger partial charge in [-0.3, -0.25) is 19.3 Å². The number of esters is 1. The van der Waals surface area contributed by atoms with E-state index in [4.69, 9.17) is 4.74 Å². The van der Waals surface area contributed by atoms with Crippen LogP contribution in [-0.2, 0) is 20.7 Å². The molecule has 5 nitrogen and oxygen atoms in total. The lowest BCUT2D eigenvalue weighted by Crippen LogP contribution is -2.35. The van der Waals surface area contributed by atoms with E-state index in [1.165, 1.54) is 5.56 Å². The molecular formula is C17H19NO4S. The summed E-state index contributed by atoms with van der Waals surface area (Å²) in [6, 6.07) is 7.77. The summed E-state index contributed by atoms with van der Waals surface area (Å²) in [4.78, 5) is 37.1. The lowest BCUT2D eigenvalue weighted by Gasteiger charge is -2.13. The van der Waals surface area contributed by atoms with Gasteiger partial charge in [-0.15, -0.1) is 0 Å². The molecule has 0 radical (unpaired) electrons. The Hall–Kier alpha value is -2.08. The molecule has 0 atom stereocenters. The number of benzene rings is 1. The molecule has 0 aromatic heterocycles. The maximum Gasteiger partial charge on any atom is 0.326 e. The molecule has 0 bridgehead atoms. The van der Waals surface area contributed by atoms with Crippen LogP contribution in [0.5, 0.6) is 0 Å². The second-order valence-electron chi connectivity index (χ2n) is 5.40. The molecule has 1 aliphatic heterocycles. The van der Waals surface area contributed by atoms with Crippen molar-refractivity contribution in [3.63, 3.8) is 0 Å². The highest BCUT2D eigenvalue weighted by molar-refractivity contribution is 8.18. The monoisotopic (exact) mass is 333 g/mol. The summed E-state index contributed by atoms with van der Waals surface area (Å²) in [6.45, 7) is 5.14. The van der Waals surface area contributed by atoms with E-state index in [0.717, 1.165) is 28.6 Å². The third-order valence-corrected chi connectivity index (χ3v) is 4.12. The molecule has 1 aliphatic rings. The van der Waals surface area contributed by atoms with E-state index in [1.807, 2.05) is 24.3 Å². The van der Waals surface area contributed by atoms with Crippen LogP contribution in [0.4, 0.5) is 4.79 Å². The van der Waals surface area contributed by atoms with E-state index in [0.29, 0.717) is 4.91 Å². The van der Waals surface area contributed by atoms with Crippen LogP contribution in [0.15, 0.2) is 29.2 Å². The first kappa shape index (κ1) is 17.3. The maximum atomic E-state index is 12.3. The van der Waals surface area contributed by atoms with Crippen molar-refractivity contribution in [2.75, 3.05) is 6.54 Å². The third kappa shape index (κ3) is 4.45. The standard InChI is InChI=1S/C17H19NO4S/c1-4-12-5-7-13(8-6-12)9-14-16(20)18(17(21)23-14)10-15(19)22-11(2)3/h5-9,11H,4,10H2,1-3H3/b14-9+. The second kappa shape index (κ2) is 7.46. The van der Waals surface area contributed by atoms with E-state index >= 15 is 0 Å².